The first-order valence-electron chi connectivity index (χ1n) is 5.77. The number of carbonyl (C=O) groups is 2. The van der Waals surface area contributed by atoms with Crippen molar-refractivity contribution in [3.05, 3.63) is 57.0 Å². The van der Waals surface area contributed by atoms with Crippen LogP contribution in [-0.2, 0) is 0 Å². The van der Waals surface area contributed by atoms with E-state index in [1.807, 2.05) is 0 Å². The fraction of sp³-hybridized carbons (Fsp3) is 0. The highest BCUT2D eigenvalue weighted by atomic mass is 79.9. The zero-order valence-electron chi connectivity index (χ0n) is 10.6. The van der Waals surface area contributed by atoms with Gasteiger partial charge in [0, 0.05) is 15.8 Å². The molecule has 2 rings (SSSR count). The number of halogens is 2. The summed E-state index contributed by atoms with van der Waals surface area (Å²) in [7, 11) is 0. The van der Waals surface area contributed by atoms with E-state index in [1.165, 1.54) is 12.1 Å². The number of amides is 1. The Morgan fingerprint density at radius 1 is 1.10 bits per heavy atom. The summed E-state index contributed by atoms with van der Waals surface area (Å²) in [6, 6.07) is 9.52. The van der Waals surface area contributed by atoms with Crippen molar-refractivity contribution in [3.63, 3.8) is 0 Å². The van der Waals surface area contributed by atoms with Gasteiger partial charge in [0.1, 0.15) is 0 Å². The maximum atomic E-state index is 11.1. The van der Waals surface area contributed by atoms with Crippen LogP contribution in [0.15, 0.2) is 40.9 Å². The molecule has 0 radical (unpaired) electrons. The Bertz CT molecular complexity index is 734. The summed E-state index contributed by atoms with van der Waals surface area (Å²) < 4.78 is 0.489. The van der Waals surface area contributed by atoms with Gasteiger partial charge in [-0.2, -0.15) is 0 Å². The fourth-order valence-corrected chi connectivity index (χ4v) is 2.42. The van der Waals surface area contributed by atoms with E-state index in [0.717, 1.165) is 0 Å². The summed E-state index contributed by atoms with van der Waals surface area (Å²) in [6.07, 6.45) is 0. The van der Waals surface area contributed by atoms with Gasteiger partial charge in [-0.05, 0) is 52.3 Å². The molecule has 0 atom stereocenters. The third kappa shape index (κ3) is 3.53. The first-order chi connectivity index (χ1) is 9.88. The van der Waals surface area contributed by atoms with Gasteiger partial charge in [0.15, 0.2) is 0 Å². The minimum atomic E-state index is -1.03. The molecule has 2 aromatic carbocycles. The molecule has 0 aliphatic rings. The Morgan fingerprint density at radius 3 is 2.29 bits per heavy atom. The van der Waals surface area contributed by atoms with Crippen LogP contribution in [0.25, 0.3) is 0 Å². The highest BCUT2D eigenvalue weighted by Gasteiger charge is 2.10. The maximum Gasteiger partial charge on any atom is 0.336 e. The van der Waals surface area contributed by atoms with Crippen LogP contribution in [0.3, 0.4) is 0 Å². The molecule has 1 amide bonds. The van der Waals surface area contributed by atoms with E-state index in [0.29, 0.717) is 15.8 Å². The monoisotopic (exact) mass is 368 g/mol. The molecular formula is C14H10BrClN2O3. The lowest BCUT2D eigenvalue weighted by molar-refractivity contribution is 0.0695. The number of carboxylic acid groups (broad SMARTS) is 1. The van der Waals surface area contributed by atoms with E-state index in [4.69, 9.17) is 22.4 Å². The lowest BCUT2D eigenvalue weighted by Gasteiger charge is -2.10. The number of nitrogens with two attached hydrogens (primary N) is 1. The first kappa shape index (κ1) is 15.3. The molecule has 7 heteroatoms. The maximum absolute atomic E-state index is 11.1. The summed E-state index contributed by atoms with van der Waals surface area (Å²) in [5, 5.41) is 12.3. The van der Waals surface area contributed by atoms with Gasteiger partial charge in [0.25, 0.3) is 0 Å². The van der Waals surface area contributed by atoms with Crippen LogP contribution in [0.2, 0.25) is 5.02 Å². The van der Waals surface area contributed by atoms with Gasteiger partial charge >= 0.3 is 5.97 Å². The smallest absolute Gasteiger partial charge is 0.336 e. The molecule has 0 unspecified atom stereocenters. The predicted octanol–water partition coefficient (Wildman–Crippen LogP) is 3.64. The van der Waals surface area contributed by atoms with Crippen LogP contribution in [-0.4, -0.2) is 17.0 Å². The molecule has 0 saturated heterocycles. The quantitative estimate of drug-likeness (QED) is 0.767. The Kier molecular flexibility index (Phi) is 4.50. The van der Waals surface area contributed by atoms with E-state index < -0.39 is 11.9 Å². The predicted molar refractivity (Wildman–Crippen MR) is 84.4 cm³/mol. The minimum absolute atomic E-state index is 0.139. The van der Waals surface area contributed by atoms with Crippen LogP contribution in [0.4, 0.5) is 11.4 Å². The number of benzene rings is 2. The van der Waals surface area contributed by atoms with Crippen molar-refractivity contribution in [3.8, 4) is 0 Å². The molecule has 0 saturated carbocycles. The summed E-state index contributed by atoms with van der Waals surface area (Å²) in [6.45, 7) is 0. The number of primary amides is 1. The van der Waals surface area contributed by atoms with Crippen LogP contribution in [0.5, 0.6) is 0 Å². The number of hydrogen-bond acceptors (Lipinski definition) is 3. The molecule has 0 spiro atoms. The van der Waals surface area contributed by atoms with Crippen LogP contribution in [0.1, 0.15) is 20.7 Å². The van der Waals surface area contributed by atoms with Crippen molar-refractivity contribution < 1.29 is 14.7 Å². The van der Waals surface area contributed by atoms with E-state index in [1.54, 1.807) is 24.3 Å². The van der Waals surface area contributed by atoms with E-state index in [-0.39, 0.29) is 16.1 Å². The van der Waals surface area contributed by atoms with Crippen molar-refractivity contribution in [2.45, 2.75) is 0 Å². The molecule has 0 aromatic heterocycles. The normalized spacial score (nSPS) is 10.2. The average molecular weight is 370 g/mol. The Hall–Kier alpha value is -2.05. The Labute approximate surface area is 133 Å². The average Bonchev–Trinajstić information content (AvgIpc) is 2.40. The van der Waals surface area contributed by atoms with Gasteiger partial charge < -0.3 is 16.2 Å². The summed E-state index contributed by atoms with van der Waals surface area (Å²) in [5.41, 5.74) is 6.73. The molecule has 21 heavy (non-hydrogen) atoms. The number of aromatic carboxylic acids is 1. The van der Waals surface area contributed by atoms with Gasteiger partial charge in [-0.1, -0.05) is 11.6 Å². The molecule has 4 N–H and O–H groups in total. The highest BCUT2D eigenvalue weighted by Crippen LogP contribution is 2.26. The fourth-order valence-electron chi connectivity index (χ4n) is 1.73. The van der Waals surface area contributed by atoms with Crippen LogP contribution < -0.4 is 11.1 Å². The number of carbonyl (C=O) groups excluding carboxylic acids is 1. The standard InChI is InChI=1S/C14H10BrClN2O3/c15-11-4-2-7(5-10(11)14(20)21)18-8-1-3-9(13(17)19)12(16)6-8/h1-6,18H,(H2,17,19)(H,20,21). The summed E-state index contributed by atoms with van der Waals surface area (Å²) >= 11 is 9.13. The van der Waals surface area contributed by atoms with Crippen molar-refractivity contribution in [2.75, 3.05) is 5.32 Å². The number of carboxylic acids is 1. The summed E-state index contributed by atoms with van der Waals surface area (Å²) in [5.74, 6) is -1.64. The molecule has 108 valence electrons. The molecule has 0 fully saturated rings. The van der Waals surface area contributed by atoms with Gasteiger partial charge in [0.05, 0.1) is 16.1 Å². The Balaban J connectivity index is 2.30. The second-order valence-electron chi connectivity index (χ2n) is 4.18. The van der Waals surface area contributed by atoms with Crippen molar-refractivity contribution >= 4 is 50.8 Å². The molecular weight excluding hydrogens is 360 g/mol. The van der Waals surface area contributed by atoms with Crippen LogP contribution >= 0.6 is 27.5 Å². The molecule has 2 aromatic rings. The van der Waals surface area contributed by atoms with E-state index >= 15 is 0 Å². The number of hydrogen-bond donors (Lipinski definition) is 3. The van der Waals surface area contributed by atoms with Gasteiger partial charge in [-0.25, -0.2) is 4.79 Å². The minimum Gasteiger partial charge on any atom is -0.478 e. The van der Waals surface area contributed by atoms with Gasteiger partial charge in [-0.15, -0.1) is 0 Å². The zero-order valence-corrected chi connectivity index (χ0v) is 12.9. The number of nitrogens with one attached hydrogen (secondary N) is 1. The van der Waals surface area contributed by atoms with Gasteiger partial charge in [-0.3, -0.25) is 4.79 Å². The van der Waals surface area contributed by atoms with Crippen molar-refractivity contribution in [1.29, 1.82) is 0 Å². The molecule has 0 aliphatic carbocycles. The SMILES string of the molecule is NC(=O)c1ccc(Nc2ccc(Br)c(C(=O)O)c2)cc1Cl. The van der Waals surface area contributed by atoms with Crippen LogP contribution in [0, 0.1) is 0 Å². The van der Waals surface area contributed by atoms with Gasteiger partial charge in [0.2, 0.25) is 5.91 Å². The zero-order chi connectivity index (χ0) is 15.6. The Morgan fingerprint density at radius 2 is 1.71 bits per heavy atom. The summed E-state index contributed by atoms with van der Waals surface area (Å²) in [4.78, 5) is 22.2. The lowest BCUT2D eigenvalue weighted by atomic mass is 10.1. The number of rotatable bonds is 4. The third-order valence-electron chi connectivity index (χ3n) is 2.72. The molecule has 0 aliphatic heterocycles. The van der Waals surface area contributed by atoms with E-state index in [9.17, 15) is 9.59 Å². The molecule has 0 bridgehead atoms. The topological polar surface area (TPSA) is 92.4 Å². The second kappa shape index (κ2) is 6.15. The third-order valence-corrected chi connectivity index (χ3v) is 3.72. The first-order valence-corrected chi connectivity index (χ1v) is 6.95. The number of anilines is 2. The lowest BCUT2D eigenvalue weighted by Crippen LogP contribution is -2.11. The largest absolute Gasteiger partial charge is 0.478 e. The van der Waals surface area contributed by atoms with E-state index in [2.05, 4.69) is 21.2 Å². The van der Waals surface area contributed by atoms with Crippen molar-refractivity contribution in [2.24, 2.45) is 5.73 Å². The highest BCUT2D eigenvalue weighted by molar-refractivity contribution is 9.10. The van der Waals surface area contributed by atoms with Crippen molar-refractivity contribution in [1.82, 2.24) is 0 Å². The molecule has 0 heterocycles. The molecule has 5 nitrogen and oxygen atoms in total. The second-order valence-corrected chi connectivity index (χ2v) is 5.45.